The van der Waals surface area contributed by atoms with Gasteiger partial charge in [-0.2, -0.15) is 0 Å². The number of allylic oxidation sites excluding steroid dienone is 2. The lowest BCUT2D eigenvalue weighted by Crippen LogP contribution is -2.52. The molecule has 0 bridgehead atoms. The highest BCUT2D eigenvalue weighted by Gasteiger charge is 2.61. The molecule has 0 spiro atoms. The van der Waals surface area contributed by atoms with E-state index in [0.717, 1.165) is 18.2 Å². The van der Waals surface area contributed by atoms with Crippen LogP contribution in [0.1, 0.15) is 80.5 Å². The fourth-order valence-electron chi connectivity index (χ4n) is 8.04. The number of Topliss-reactive ketones (excluding diaryl/α,β-unsaturated/α-hetero) is 1. The smallest absolute Gasteiger partial charge is 0.274 e. The molecule has 4 heterocycles. The van der Waals surface area contributed by atoms with Gasteiger partial charge in [0.15, 0.2) is 11.5 Å². The predicted octanol–water partition coefficient (Wildman–Crippen LogP) is 5.06. The van der Waals surface area contributed by atoms with E-state index in [-0.39, 0.29) is 36.9 Å². The molecule has 2 aromatic heterocycles. The number of carbonyl (C=O) groups is 4. The third-order valence-electron chi connectivity index (χ3n) is 11.3. The van der Waals surface area contributed by atoms with Crippen LogP contribution in [0.3, 0.4) is 0 Å². The minimum absolute atomic E-state index is 0.0150. The standard InChI is InChI=1S/C40H42FN5O8S/c1-23-17-33(44-54-23)36(48)42-32-12-6-4-2-3-5-9-24-20-40(24,39(50)45-55(51,52)27-14-15-27)21-35(47)34-19-26(22-46(34)38(32)49)53-37-29-16-13-25(41)18-30(29)28-10-7-8-11-31(28)43-37/h5,7-11,13,16-18,24,26-27,32,34H,2-4,6,12,14-15,19-22H2,1H3,(H,42,48)(H,45,50)/b9-5-/t24-,26-,32+,34+,40-/m1/s1. The molecule has 2 N–H and O–H groups in total. The maximum absolute atomic E-state index is 14.6. The first kappa shape index (κ1) is 36.8. The van der Waals surface area contributed by atoms with Gasteiger partial charge in [0.25, 0.3) is 5.91 Å². The fourth-order valence-corrected chi connectivity index (χ4v) is 9.42. The molecule has 288 valence electrons. The fraction of sp³-hybridized carbons (Fsp3) is 0.450. The van der Waals surface area contributed by atoms with Gasteiger partial charge in [-0.3, -0.25) is 23.9 Å². The summed E-state index contributed by atoms with van der Waals surface area (Å²) in [4.78, 5) is 62.4. The van der Waals surface area contributed by atoms with Crippen molar-refractivity contribution in [1.29, 1.82) is 0 Å². The number of para-hydroxylation sites is 1. The lowest BCUT2D eigenvalue weighted by atomic mass is 9.91. The normalized spacial score (nSPS) is 26.8. The second kappa shape index (κ2) is 14.5. The average molecular weight is 772 g/mol. The van der Waals surface area contributed by atoms with Crippen molar-refractivity contribution in [2.45, 2.75) is 94.6 Å². The van der Waals surface area contributed by atoms with Gasteiger partial charge >= 0.3 is 0 Å². The van der Waals surface area contributed by atoms with E-state index in [2.05, 4.69) is 15.2 Å². The Kier molecular flexibility index (Phi) is 9.68. The molecule has 4 aromatic rings. The van der Waals surface area contributed by atoms with Crippen LogP contribution in [0.2, 0.25) is 0 Å². The van der Waals surface area contributed by atoms with Gasteiger partial charge in [-0.25, -0.2) is 17.8 Å². The maximum Gasteiger partial charge on any atom is 0.274 e. The Balaban J connectivity index is 1.13. The van der Waals surface area contributed by atoms with Crippen molar-refractivity contribution < 1.29 is 41.2 Å². The van der Waals surface area contributed by atoms with Crippen LogP contribution in [0.25, 0.3) is 21.7 Å². The Bertz CT molecular complexity index is 2340. The summed E-state index contributed by atoms with van der Waals surface area (Å²) < 4.78 is 54.1. The molecule has 2 aliphatic heterocycles. The quantitative estimate of drug-likeness (QED) is 0.191. The van der Waals surface area contributed by atoms with E-state index < -0.39 is 68.2 Å². The van der Waals surface area contributed by atoms with Gasteiger partial charge in [0, 0.05) is 29.7 Å². The number of sulfonamides is 1. The predicted molar refractivity (Wildman–Crippen MR) is 199 cm³/mol. The Morgan fingerprint density at radius 3 is 2.62 bits per heavy atom. The number of amides is 3. The van der Waals surface area contributed by atoms with E-state index in [4.69, 9.17) is 14.2 Å². The van der Waals surface area contributed by atoms with Crippen LogP contribution in [0.15, 0.2) is 65.2 Å². The molecule has 13 nitrogen and oxygen atoms in total. The summed E-state index contributed by atoms with van der Waals surface area (Å²) in [6, 6.07) is 11.0. The van der Waals surface area contributed by atoms with Crippen LogP contribution in [0.5, 0.6) is 5.88 Å². The number of benzene rings is 2. The number of halogens is 1. The first-order chi connectivity index (χ1) is 26.4. The van der Waals surface area contributed by atoms with E-state index in [9.17, 15) is 32.0 Å². The molecule has 0 unspecified atom stereocenters. The number of pyridine rings is 1. The third kappa shape index (κ3) is 7.45. The number of fused-ring (bicyclic) bond motifs is 5. The van der Waals surface area contributed by atoms with Gasteiger partial charge in [-0.05, 0) is 81.0 Å². The Labute approximate surface area is 317 Å². The SMILES string of the molecule is Cc1cc(C(=O)N[C@H]2CCCCC/C=C\[C@@H]3C[C@@]3(C(=O)NS(=O)(=O)C3CC3)CC(=O)[C@@H]3C[C@@H](Oc4nc5ccccc5c5cc(F)ccc45)CN3C2=O)no1. The average Bonchev–Trinajstić information content (AvgIpc) is 4.05. The molecular weight excluding hydrogens is 730 g/mol. The minimum Gasteiger partial charge on any atom is -0.472 e. The third-order valence-corrected chi connectivity index (χ3v) is 13.1. The molecule has 4 aliphatic rings. The second-order valence-corrected chi connectivity index (χ2v) is 17.3. The molecule has 55 heavy (non-hydrogen) atoms. The topological polar surface area (TPSA) is 178 Å². The van der Waals surface area contributed by atoms with Crippen molar-refractivity contribution in [2.24, 2.45) is 11.3 Å². The van der Waals surface area contributed by atoms with Crippen molar-refractivity contribution in [3.8, 4) is 5.88 Å². The molecule has 2 aliphatic carbocycles. The van der Waals surface area contributed by atoms with Crippen LogP contribution < -0.4 is 14.8 Å². The number of nitrogens with one attached hydrogen (secondary N) is 2. The van der Waals surface area contributed by atoms with E-state index in [1.165, 1.54) is 23.1 Å². The molecule has 0 radical (unpaired) electrons. The van der Waals surface area contributed by atoms with Crippen LogP contribution in [0, 0.1) is 24.1 Å². The highest BCUT2D eigenvalue weighted by molar-refractivity contribution is 7.90. The maximum atomic E-state index is 14.6. The summed E-state index contributed by atoms with van der Waals surface area (Å²) >= 11 is 0. The number of hydrogen-bond donors (Lipinski definition) is 2. The Hall–Kier alpha value is -5.18. The molecular formula is C40H42FN5O8S. The van der Waals surface area contributed by atoms with Crippen molar-refractivity contribution >= 4 is 55.2 Å². The lowest BCUT2D eigenvalue weighted by molar-refractivity contribution is -0.140. The molecule has 2 aromatic carbocycles. The zero-order valence-corrected chi connectivity index (χ0v) is 31.1. The van der Waals surface area contributed by atoms with Gasteiger partial charge < -0.3 is 19.5 Å². The van der Waals surface area contributed by atoms with E-state index >= 15 is 0 Å². The molecule has 15 heteroatoms. The molecule has 8 rings (SSSR count). The highest BCUT2D eigenvalue weighted by atomic mass is 32.2. The Morgan fingerprint density at radius 2 is 1.84 bits per heavy atom. The lowest BCUT2D eigenvalue weighted by Gasteiger charge is -2.29. The van der Waals surface area contributed by atoms with Gasteiger partial charge in [-0.15, -0.1) is 0 Å². The summed E-state index contributed by atoms with van der Waals surface area (Å²) in [7, 11) is -3.88. The number of ketones is 1. The van der Waals surface area contributed by atoms with E-state index in [1.807, 2.05) is 30.4 Å². The van der Waals surface area contributed by atoms with Crippen LogP contribution in [0.4, 0.5) is 4.39 Å². The number of carbonyl (C=O) groups excluding carboxylic acids is 4. The molecule has 3 amide bonds. The van der Waals surface area contributed by atoms with Crippen LogP contribution in [-0.2, 0) is 24.4 Å². The summed E-state index contributed by atoms with van der Waals surface area (Å²) in [6.45, 7) is 1.61. The number of rotatable bonds is 7. The van der Waals surface area contributed by atoms with Gasteiger partial charge in [0.2, 0.25) is 27.7 Å². The Morgan fingerprint density at radius 1 is 1.02 bits per heavy atom. The number of nitrogens with zero attached hydrogens (tertiary/aromatic N) is 3. The zero-order chi connectivity index (χ0) is 38.5. The summed E-state index contributed by atoms with van der Waals surface area (Å²) in [5, 5.41) is 7.88. The second-order valence-electron chi connectivity index (χ2n) is 15.3. The molecule has 1 saturated heterocycles. The van der Waals surface area contributed by atoms with Crippen LogP contribution in [-0.4, -0.2) is 76.9 Å². The number of hydrogen-bond acceptors (Lipinski definition) is 10. The monoisotopic (exact) mass is 771 g/mol. The van der Waals surface area contributed by atoms with Gasteiger partial charge in [0.1, 0.15) is 23.7 Å². The van der Waals surface area contributed by atoms with Crippen molar-refractivity contribution in [3.05, 3.63) is 78.0 Å². The van der Waals surface area contributed by atoms with E-state index in [1.54, 1.807) is 19.1 Å². The van der Waals surface area contributed by atoms with Gasteiger partial charge in [-0.1, -0.05) is 48.3 Å². The summed E-state index contributed by atoms with van der Waals surface area (Å²) in [5.74, 6) is -2.35. The van der Waals surface area contributed by atoms with Crippen molar-refractivity contribution in [2.75, 3.05) is 6.54 Å². The molecule has 2 saturated carbocycles. The highest BCUT2D eigenvalue weighted by Crippen LogP contribution is 2.57. The van der Waals surface area contributed by atoms with Crippen molar-refractivity contribution in [3.63, 3.8) is 0 Å². The minimum atomic E-state index is -3.88. The first-order valence-corrected chi connectivity index (χ1v) is 20.4. The number of aryl methyl sites for hydroxylation is 1. The van der Waals surface area contributed by atoms with Crippen LogP contribution >= 0.6 is 0 Å². The van der Waals surface area contributed by atoms with E-state index in [0.29, 0.717) is 60.6 Å². The zero-order valence-electron chi connectivity index (χ0n) is 30.3. The largest absolute Gasteiger partial charge is 0.472 e. The molecule has 5 atom stereocenters. The summed E-state index contributed by atoms with van der Waals surface area (Å²) in [6.07, 6.45) is 7.25. The molecule has 3 fully saturated rings. The van der Waals surface area contributed by atoms with Gasteiger partial charge in [0.05, 0.1) is 28.8 Å². The first-order valence-electron chi connectivity index (χ1n) is 18.9. The number of aromatic nitrogens is 2. The number of ether oxygens (including phenoxy) is 1. The van der Waals surface area contributed by atoms with Crippen molar-refractivity contribution in [1.82, 2.24) is 25.1 Å². The summed E-state index contributed by atoms with van der Waals surface area (Å²) in [5.41, 5.74) is -0.702.